The van der Waals surface area contributed by atoms with Gasteiger partial charge in [-0.1, -0.05) is 5.16 Å². The number of carboxylic acids is 1. The molecule has 8 nitrogen and oxygen atoms in total. The van der Waals surface area contributed by atoms with Crippen molar-refractivity contribution >= 4 is 11.8 Å². The van der Waals surface area contributed by atoms with E-state index < -0.39 is 5.97 Å². The Balaban J connectivity index is 2.03. The highest BCUT2D eigenvalue weighted by Crippen LogP contribution is 2.12. The van der Waals surface area contributed by atoms with Gasteiger partial charge in [0.25, 0.3) is 5.89 Å². The van der Waals surface area contributed by atoms with Gasteiger partial charge in [-0.2, -0.15) is 4.98 Å². The second kappa shape index (κ2) is 5.91. The van der Waals surface area contributed by atoms with Crippen molar-refractivity contribution in [1.82, 2.24) is 15.1 Å². The van der Waals surface area contributed by atoms with E-state index in [1.54, 1.807) is 6.07 Å². The summed E-state index contributed by atoms with van der Waals surface area (Å²) in [5.74, 6) is -0.0373. The van der Waals surface area contributed by atoms with Crippen LogP contribution in [0.5, 0.6) is 0 Å². The fourth-order valence-electron chi connectivity index (χ4n) is 1.43. The molecule has 0 aliphatic carbocycles. The van der Waals surface area contributed by atoms with E-state index in [1.165, 1.54) is 19.4 Å². The number of carboxylic acid groups (broad SMARTS) is 1. The molecule has 2 aromatic rings. The molecule has 2 rings (SSSR count). The average Bonchev–Trinajstić information content (AvgIpc) is 2.85. The lowest BCUT2D eigenvalue weighted by Gasteiger charge is -2.05. The van der Waals surface area contributed by atoms with Gasteiger partial charge < -0.3 is 19.7 Å². The summed E-state index contributed by atoms with van der Waals surface area (Å²) in [4.78, 5) is 19.0. The first kappa shape index (κ1) is 13.0. The molecule has 0 bridgehead atoms. The maximum atomic E-state index is 11.0. The lowest BCUT2D eigenvalue weighted by molar-refractivity contribution is 0.0697. The average molecular weight is 264 g/mol. The van der Waals surface area contributed by atoms with Crippen molar-refractivity contribution in [3.05, 3.63) is 35.6 Å². The van der Waals surface area contributed by atoms with Crippen LogP contribution in [0.15, 0.2) is 22.9 Å². The van der Waals surface area contributed by atoms with E-state index in [-0.39, 0.29) is 24.5 Å². The largest absolute Gasteiger partial charge is 0.478 e. The van der Waals surface area contributed by atoms with Crippen LogP contribution in [-0.2, 0) is 17.9 Å². The van der Waals surface area contributed by atoms with E-state index in [1.807, 2.05) is 0 Å². The summed E-state index contributed by atoms with van der Waals surface area (Å²) in [5, 5.41) is 15.6. The molecule has 2 aromatic heterocycles. The Morgan fingerprint density at radius 3 is 3.16 bits per heavy atom. The third-order valence-electron chi connectivity index (χ3n) is 2.23. The zero-order chi connectivity index (χ0) is 13.7. The quantitative estimate of drug-likeness (QED) is 0.792. The third-order valence-corrected chi connectivity index (χ3v) is 2.23. The van der Waals surface area contributed by atoms with Crippen molar-refractivity contribution in [3.8, 4) is 0 Å². The molecule has 0 saturated carbocycles. The van der Waals surface area contributed by atoms with Crippen LogP contribution in [-0.4, -0.2) is 33.3 Å². The summed E-state index contributed by atoms with van der Waals surface area (Å²) < 4.78 is 9.76. The van der Waals surface area contributed by atoms with Gasteiger partial charge in [0.05, 0.1) is 6.54 Å². The van der Waals surface area contributed by atoms with Gasteiger partial charge in [-0.05, 0) is 12.1 Å². The summed E-state index contributed by atoms with van der Waals surface area (Å²) in [6.07, 6.45) is 1.50. The summed E-state index contributed by atoms with van der Waals surface area (Å²) in [6, 6.07) is 3.02. The van der Waals surface area contributed by atoms with Crippen LogP contribution in [0.25, 0.3) is 0 Å². The molecular formula is C11H12N4O4. The number of ether oxygens (including phenoxy) is 1. The molecule has 19 heavy (non-hydrogen) atoms. The first-order chi connectivity index (χ1) is 9.20. The maximum Gasteiger partial charge on any atom is 0.339 e. The normalized spacial score (nSPS) is 10.4. The van der Waals surface area contributed by atoms with E-state index in [9.17, 15) is 4.79 Å². The van der Waals surface area contributed by atoms with Crippen molar-refractivity contribution in [2.24, 2.45) is 0 Å². The van der Waals surface area contributed by atoms with Crippen molar-refractivity contribution in [1.29, 1.82) is 0 Å². The number of aromatic nitrogens is 3. The predicted octanol–water partition coefficient (Wildman–Crippen LogP) is 0.921. The zero-order valence-corrected chi connectivity index (χ0v) is 10.2. The lowest BCUT2D eigenvalue weighted by atomic mass is 10.2. The fraction of sp³-hybridized carbons (Fsp3) is 0.273. The highest BCUT2D eigenvalue weighted by atomic mass is 16.5. The van der Waals surface area contributed by atoms with E-state index in [0.29, 0.717) is 11.7 Å². The number of hydrogen-bond acceptors (Lipinski definition) is 7. The monoisotopic (exact) mass is 264 g/mol. The molecule has 0 saturated heterocycles. The minimum absolute atomic E-state index is 0.0862. The first-order valence-electron chi connectivity index (χ1n) is 5.43. The van der Waals surface area contributed by atoms with E-state index in [2.05, 4.69) is 20.4 Å². The van der Waals surface area contributed by atoms with Crippen molar-refractivity contribution < 1.29 is 19.2 Å². The van der Waals surface area contributed by atoms with E-state index in [4.69, 9.17) is 14.4 Å². The molecule has 2 heterocycles. The second-order valence-electron chi connectivity index (χ2n) is 3.60. The highest BCUT2D eigenvalue weighted by Gasteiger charge is 2.11. The molecular weight excluding hydrogens is 252 g/mol. The SMILES string of the molecule is COCc1nc(CNc2ncccc2C(=O)O)no1. The topological polar surface area (TPSA) is 110 Å². The van der Waals surface area contributed by atoms with Gasteiger partial charge in [0.1, 0.15) is 18.0 Å². The Morgan fingerprint density at radius 2 is 2.42 bits per heavy atom. The molecule has 0 radical (unpaired) electrons. The summed E-state index contributed by atoms with van der Waals surface area (Å²) in [6.45, 7) is 0.446. The van der Waals surface area contributed by atoms with Crippen LogP contribution in [0, 0.1) is 0 Å². The van der Waals surface area contributed by atoms with Crippen LogP contribution in [0.4, 0.5) is 5.82 Å². The second-order valence-corrected chi connectivity index (χ2v) is 3.60. The van der Waals surface area contributed by atoms with Gasteiger partial charge in [0.2, 0.25) is 0 Å². The van der Waals surface area contributed by atoms with Gasteiger partial charge in [0.15, 0.2) is 5.82 Å². The summed E-state index contributed by atoms with van der Waals surface area (Å²) in [5.41, 5.74) is 0.0862. The zero-order valence-electron chi connectivity index (χ0n) is 10.2. The van der Waals surface area contributed by atoms with E-state index in [0.717, 1.165) is 0 Å². The number of pyridine rings is 1. The van der Waals surface area contributed by atoms with Gasteiger partial charge in [-0.25, -0.2) is 9.78 Å². The first-order valence-corrected chi connectivity index (χ1v) is 5.43. The van der Waals surface area contributed by atoms with Crippen LogP contribution < -0.4 is 5.32 Å². The Labute approximate surface area is 108 Å². The van der Waals surface area contributed by atoms with E-state index >= 15 is 0 Å². The number of carbonyl (C=O) groups is 1. The van der Waals surface area contributed by atoms with Gasteiger partial charge in [0, 0.05) is 13.3 Å². The number of methoxy groups -OCH3 is 1. The van der Waals surface area contributed by atoms with Crippen molar-refractivity contribution in [3.63, 3.8) is 0 Å². The van der Waals surface area contributed by atoms with Crippen molar-refractivity contribution in [2.45, 2.75) is 13.2 Å². The Hall–Kier alpha value is -2.48. The molecule has 100 valence electrons. The number of anilines is 1. The molecule has 0 aromatic carbocycles. The van der Waals surface area contributed by atoms with Crippen LogP contribution in [0.1, 0.15) is 22.1 Å². The minimum atomic E-state index is -1.05. The number of hydrogen-bond donors (Lipinski definition) is 2. The Bertz CT molecular complexity index is 569. The maximum absolute atomic E-state index is 11.0. The van der Waals surface area contributed by atoms with Gasteiger partial charge >= 0.3 is 5.97 Å². The number of rotatable bonds is 6. The van der Waals surface area contributed by atoms with Crippen LogP contribution >= 0.6 is 0 Å². The standard InChI is InChI=1S/C11H12N4O4/c1-18-6-9-14-8(15-19-9)5-13-10-7(11(16)17)3-2-4-12-10/h2-4H,5-6H2,1H3,(H,12,13)(H,16,17). The Kier molecular flexibility index (Phi) is 4.04. The highest BCUT2D eigenvalue weighted by molar-refractivity contribution is 5.92. The molecule has 0 unspecified atom stereocenters. The lowest BCUT2D eigenvalue weighted by Crippen LogP contribution is -2.08. The number of aromatic carboxylic acids is 1. The molecule has 2 N–H and O–H groups in total. The number of nitrogens with zero attached hydrogens (tertiary/aromatic N) is 3. The molecule has 0 atom stereocenters. The molecule has 0 amide bonds. The molecule has 0 spiro atoms. The molecule has 8 heteroatoms. The molecule has 0 fully saturated rings. The third kappa shape index (κ3) is 3.26. The summed E-state index contributed by atoms with van der Waals surface area (Å²) >= 11 is 0. The van der Waals surface area contributed by atoms with Gasteiger partial charge in [-0.3, -0.25) is 0 Å². The Morgan fingerprint density at radius 1 is 1.58 bits per heavy atom. The molecule has 0 aliphatic rings. The fourth-order valence-corrected chi connectivity index (χ4v) is 1.43. The van der Waals surface area contributed by atoms with Crippen molar-refractivity contribution in [2.75, 3.05) is 12.4 Å². The van der Waals surface area contributed by atoms with Crippen LogP contribution in [0.2, 0.25) is 0 Å². The smallest absolute Gasteiger partial charge is 0.339 e. The summed E-state index contributed by atoms with van der Waals surface area (Å²) in [7, 11) is 1.52. The number of nitrogens with one attached hydrogen (secondary N) is 1. The minimum Gasteiger partial charge on any atom is -0.478 e. The molecule has 0 aliphatic heterocycles. The van der Waals surface area contributed by atoms with Gasteiger partial charge in [-0.15, -0.1) is 0 Å². The van der Waals surface area contributed by atoms with Crippen LogP contribution in [0.3, 0.4) is 0 Å². The predicted molar refractivity (Wildman–Crippen MR) is 63.5 cm³/mol.